The normalized spacial score (nSPS) is 12.3. The van der Waals surface area contributed by atoms with Crippen molar-refractivity contribution in [1.82, 2.24) is 0 Å². The molecule has 122 valence electrons. The van der Waals surface area contributed by atoms with Crippen LogP contribution in [0.4, 0.5) is 32.0 Å². The van der Waals surface area contributed by atoms with Crippen LogP contribution < -0.4 is 0 Å². The molecule has 0 radical (unpaired) electrons. The molecule has 0 atom stereocenters. The fourth-order valence-electron chi connectivity index (χ4n) is 2.09. The molecule has 0 spiro atoms. The van der Waals surface area contributed by atoms with Crippen LogP contribution in [-0.2, 0) is 12.4 Å². The molecule has 0 aromatic heterocycles. The van der Waals surface area contributed by atoms with Crippen LogP contribution in [-0.4, -0.2) is 4.92 Å². The van der Waals surface area contributed by atoms with Gasteiger partial charge >= 0.3 is 12.4 Å². The van der Waals surface area contributed by atoms with E-state index in [2.05, 4.69) is 0 Å². The number of benzene rings is 2. The van der Waals surface area contributed by atoms with Crippen molar-refractivity contribution in [3.63, 3.8) is 0 Å². The molecule has 0 aliphatic heterocycles. The van der Waals surface area contributed by atoms with Gasteiger partial charge in [0, 0.05) is 11.6 Å². The number of nitro benzene ring substituents is 1. The summed E-state index contributed by atoms with van der Waals surface area (Å²) in [7, 11) is 0. The van der Waals surface area contributed by atoms with E-state index in [1.54, 1.807) is 0 Å². The lowest BCUT2D eigenvalue weighted by Crippen LogP contribution is -2.11. The zero-order valence-corrected chi connectivity index (χ0v) is 11.1. The van der Waals surface area contributed by atoms with Crippen molar-refractivity contribution in [3.05, 3.63) is 63.7 Å². The van der Waals surface area contributed by atoms with Gasteiger partial charge in [0.25, 0.3) is 5.69 Å². The minimum Gasteiger partial charge on any atom is -0.258 e. The van der Waals surface area contributed by atoms with E-state index in [0.717, 1.165) is 24.3 Å². The molecule has 2 aromatic carbocycles. The standard InChI is InChI=1S/C14H7F6NO2/c15-13(16,17)9-4-1-3-8(7-9)10-5-2-6-11(21(22)23)12(10)14(18,19)20/h1-7H. The van der Waals surface area contributed by atoms with Crippen molar-refractivity contribution >= 4 is 5.69 Å². The first-order valence-corrected chi connectivity index (χ1v) is 6.04. The maximum atomic E-state index is 13.2. The first-order valence-electron chi connectivity index (χ1n) is 6.04. The number of hydrogen-bond acceptors (Lipinski definition) is 2. The van der Waals surface area contributed by atoms with E-state index in [4.69, 9.17) is 0 Å². The molecule has 0 heterocycles. The van der Waals surface area contributed by atoms with Crippen molar-refractivity contribution in [2.24, 2.45) is 0 Å². The minimum absolute atomic E-state index is 0.407. The van der Waals surface area contributed by atoms with Gasteiger partial charge in [-0.1, -0.05) is 24.3 Å². The molecule has 2 aromatic rings. The van der Waals surface area contributed by atoms with Gasteiger partial charge in [-0.25, -0.2) is 0 Å². The number of halogens is 6. The molecular weight excluding hydrogens is 328 g/mol. The number of nitro groups is 1. The second-order valence-corrected chi connectivity index (χ2v) is 4.53. The number of alkyl halides is 6. The predicted octanol–water partition coefficient (Wildman–Crippen LogP) is 5.30. The lowest BCUT2D eigenvalue weighted by molar-refractivity contribution is -0.388. The van der Waals surface area contributed by atoms with Gasteiger partial charge in [0.15, 0.2) is 0 Å². The number of hydrogen-bond donors (Lipinski definition) is 0. The molecule has 23 heavy (non-hydrogen) atoms. The molecule has 0 aliphatic carbocycles. The fraction of sp³-hybridized carbons (Fsp3) is 0.143. The van der Waals surface area contributed by atoms with Gasteiger partial charge in [0.2, 0.25) is 0 Å². The Morgan fingerprint density at radius 1 is 0.870 bits per heavy atom. The first kappa shape index (κ1) is 16.8. The minimum atomic E-state index is -5.09. The quantitative estimate of drug-likeness (QED) is 0.425. The highest BCUT2D eigenvalue weighted by molar-refractivity contribution is 5.73. The van der Waals surface area contributed by atoms with Crippen molar-refractivity contribution < 1.29 is 31.3 Å². The predicted molar refractivity (Wildman–Crippen MR) is 68.5 cm³/mol. The summed E-state index contributed by atoms with van der Waals surface area (Å²) in [4.78, 5) is 9.58. The first-order chi connectivity index (χ1) is 10.5. The van der Waals surface area contributed by atoms with Gasteiger partial charge in [0.1, 0.15) is 5.56 Å². The zero-order valence-electron chi connectivity index (χ0n) is 11.1. The van der Waals surface area contributed by atoms with Gasteiger partial charge in [-0.15, -0.1) is 0 Å². The van der Waals surface area contributed by atoms with Crippen molar-refractivity contribution in [2.75, 3.05) is 0 Å². The molecular formula is C14H7F6NO2. The highest BCUT2D eigenvalue weighted by Crippen LogP contribution is 2.43. The van der Waals surface area contributed by atoms with Crippen LogP contribution >= 0.6 is 0 Å². The van der Waals surface area contributed by atoms with E-state index in [0.29, 0.717) is 18.2 Å². The average molecular weight is 335 g/mol. The second kappa shape index (κ2) is 5.56. The van der Waals surface area contributed by atoms with E-state index < -0.39 is 45.2 Å². The Bertz CT molecular complexity index is 752. The molecule has 0 unspecified atom stereocenters. The Morgan fingerprint density at radius 3 is 2.00 bits per heavy atom. The Balaban J connectivity index is 2.74. The van der Waals surface area contributed by atoms with E-state index in [9.17, 15) is 36.5 Å². The molecule has 0 bridgehead atoms. The molecule has 0 saturated heterocycles. The Labute approximate surface area is 125 Å². The second-order valence-electron chi connectivity index (χ2n) is 4.53. The van der Waals surface area contributed by atoms with E-state index >= 15 is 0 Å². The van der Waals surface area contributed by atoms with Crippen LogP contribution in [0.1, 0.15) is 11.1 Å². The van der Waals surface area contributed by atoms with E-state index in [-0.39, 0.29) is 0 Å². The van der Waals surface area contributed by atoms with Crippen molar-refractivity contribution in [2.45, 2.75) is 12.4 Å². The third-order valence-corrected chi connectivity index (χ3v) is 3.02. The van der Waals surface area contributed by atoms with Gasteiger partial charge in [-0.05, 0) is 17.7 Å². The third-order valence-electron chi connectivity index (χ3n) is 3.02. The summed E-state index contributed by atoms with van der Waals surface area (Å²) in [6.07, 6.45) is -9.83. The number of rotatable bonds is 2. The van der Waals surface area contributed by atoms with Crippen LogP contribution in [0.2, 0.25) is 0 Å². The van der Waals surface area contributed by atoms with Crippen LogP contribution in [0.15, 0.2) is 42.5 Å². The monoisotopic (exact) mass is 335 g/mol. The largest absolute Gasteiger partial charge is 0.423 e. The summed E-state index contributed by atoms with van der Waals surface area (Å²) < 4.78 is 77.6. The molecule has 3 nitrogen and oxygen atoms in total. The van der Waals surface area contributed by atoms with Gasteiger partial charge < -0.3 is 0 Å². The van der Waals surface area contributed by atoms with Crippen molar-refractivity contribution in [1.29, 1.82) is 0 Å². The molecule has 0 saturated carbocycles. The van der Waals surface area contributed by atoms with Gasteiger partial charge in [-0.3, -0.25) is 10.1 Å². The van der Waals surface area contributed by atoms with Crippen LogP contribution in [0.5, 0.6) is 0 Å². The molecule has 0 N–H and O–H groups in total. The Morgan fingerprint density at radius 2 is 1.48 bits per heavy atom. The fourth-order valence-corrected chi connectivity index (χ4v) is 2.09. The lowest BCUT2D eigenvalue weighted by Gasteiger charge is -2.14. The Hall–Kier alpha value is -2.58. The summed E-state index contributed by atoms with van der Waals surface area (Å²) in [5, 5.41) is 10.8. The highest BCUT2D eigenvalue weighted by Gasteiger charge is 2.41. The Kier molecular flexibility index (Phi) is 4.06. The summed E-state index contributed by atoms with van der Waals surface area (Å²) in [5.41, 5.74) is -5.03. The van der Waals surface area contributed by atoms with Crippen LogP contribution in [0.25, 0.3) is 11.1 Å². The molecule has 0 aliphatic rings. The summed E-state index contributed by atoms with van der Waals surface area (Å²) >= 11 is 0. The average Bonchev–Trinajstić information content (AvgIpc) is 2.44. The van der Waals surface area contributed by atoms with Crippen molar-refractivity contribution in [3.8, 4) is 11.1 Å². The lowest BCUT2D eigenvalue weighted by atomic mass is 9.96. The maximum Gasteiger partial charge on any atom is 0.423 e. The highest BCUT2D eigenvalue weighted by atomic mass is 19.4. The molecule has 0 amide bonds. The smallest absolute Gasteiger partial charge is 0.258 e. The van der Waals surface area contributed by atoms with Crippen LogP contribution in [0.3, 0.4) is 0 Å². The summed E-state index contributed by atoms with van der Waals surface area (Å²) in [6, 6.07) is 5.73. The number of nitrogens with zero attached hydrogens (tertiary/aromatic N) is 1. The maximum absolute atomic E-state index is 13.2. The SMILES string of the molecule is O=[N+]([O-])c1cccc(-c2cccc(C(F)(F)F)c2)c1C(F)(F)F. The van der Waals surface area contributed by atoms with E-state index in [1.807, 2.05) is 0 Å². The van der Waals surface area contributed by atoms with Crippen LogP contribution in [0, 0.1) is 10.1 Å². The summed E-state index contributed by atoms with van der Waals surface area (Å²) in [6.45, 7) is 0. The van der Waals surface area contributed by atoms with Gasteiger partial charge in [0.05, 0.1) is 10.5 Å². The molecule has 2 rings (SSSR count). The molecule has 0 fully saturated rings. The molecule has 9 heteroatoms. The topological polar surface area (TPSA) is 43.1 Å². The third kappa shape index (κ3) is 3.43. The van der Waals surface area contributed by atoms with Gasteiger partial charge in [-0.2, -0.15) is 26.3 Å². The van der Waals surface area contributed by atoms with E-state index in [1.165, 1.54) is 0 Å². The summed E-state index contributed by atoms with van der Waals surface area (Å²) in [5.74, 6) is 0. The zero-order chi connectivity index (χ0) is 17.4.